The van der Waals surface area contributed by atoms with Crippen LogP contribution in [0.15, 0.2) is 36.4 Å². The molecule has 1 unspecified atom stereocenters. The van der Waals surface area contributed by atoms with Crippen LogP contribution in [-0.4, -0.2) is 15.4 Å². The third-order valence-corrected chi connectivity index (χ3v) is 3.23. The van der Waals surface area contributed by atoms with Gasteiger partial charge in [-0.3, -0.25) is 9.27 Å². The molecule has 102 valence electrons. The predicted molar refractivity (Wildman–Crippen MR) is 78.7 cm³/mol. The van der Waals surface area contributed by atoms with E-state index in [9.17, 15) is 4.21 Å². The molecule has 0 spiro atoms. The molecule has 2 N–H and O–H groups in total. The summed E-state index contributed by atoms with van der Waals surface area (Å²) in [6.07, 6.45) is 2.09. The molecule has 0 aromatic heterocycles. The molecule has 5 heteroatoms. The van der Waals surface area contributed by atoms with Gasteiger partial charge in [0.1, 0.15) is 5.75 Å². The van der Waals surface area contributed by atoms with Crippen LogP contribution >= 0.6 is 0 Å². The Kier molecular flexibility index (Phi) is 4.76. The monoisotopic (exact) mass is 279 g/mol. The smallest absolute Gasteiger partial charge is 0.259 e. The first-order valence-corrected chi connectivity index (χ1v) is 7.35. The second-order valence-electron chi connectivity index (χ2n) is 4.21. The fraction of sp³-hybridized carbons (Fsp3) is 0.286. The number of ether oxygens (including phenoxy) is 1. The minimum Gasteiger partial charge on any atom is -0.493 e. The SMILES string of the molecule is CCCCOc1ccc(NS(=O)O)c2ccccc12. The van der Waals surface area contributed by atoms with Gasteiger partial charge in [-0.15, -0.1) is 0 Å². The lowest BCUT2D eigenvalue weighted by Gasteiger charge is -2.12. The number of hydrogen-bond donors (Lipinski definition) is 2. The maximum atomic E-state index is 10.9. The Labute approximate surface area is 115 Å². The van der Waals surface area contributed by atoms with Crippen LogP contribution in [0, 0.1) is 0 Å². The predicted octanol–water partition coefficient (Wildman–Crippen LogP) is 3.57. The topological polar surface area (TPSA) is 58.6 Å². The summed E-state index contributed by atoms with van der Waals surface area (Å²) in [5.41, 5.74) is 0.624. The molecule has 4 nitrogen and oxygen atoms in total. The van der Waals surface area contributed by atoms with E-state index in [2.05, 4.69) is 11.6 Å². The third kappa shape index (κ3) is 3.45. The molecule has 0 aliphatic carbocycles. The van der Waals surface area contributed by atoms with Gasteiger partial charge < -0.3 is 4.74 Å². The van der Waals surface area contributed by atoms with E-state index in [0.29, 0.717) is 12.3 Å². The molecule has 2 aromatic rings. The van der Waals surface area contributed by atoms with Gasteiger partial charge in [-0.2, -0.15) is 0 Å². The Morgan fingerprint density at radius 3 is 2.63 bits per heavy atom. The Bertz CT molecular complexity index is 586. The summed E-state index contributed by atoms with van der Waals surface area (Å²) >= 11 is -2.08. The largest absolute Gasteiger partial charge is 0.493 e. The van der Waals surface area contributed by atoms with Crippen molar-refractivity contribution in [3.05, 3.63) is 36.4 Å². The summed E-state index contributed by atoms with van der Waals surface area (Å²) in [6.45, 7) is 2.80. The van der Waals surface area contributed by atoms with E-state index in [4.69, 9.17) is 9.29 Å². The Morgan fingerprint density at radius 2 is 1.95 bits per heavy atom. The van der Waals surface area contributed by atoms with Gasteiger partial charge in [0.2, 0.25) is 0 Å². The van der Waals surface area contributed by atoms with Gasteiger partial charge in [-0.1, -0.05) is 37.6 Å². The van der Waals surface area contributed by atoms with Crippen molar-refractivity contribution < 1.29 is 13.5 Å². The van der Waals surface area contributed by atoms with E-state index in [1.807, 2.05) is 30.3 Å². The lowest BCUT2D eigenvalue weighted by Crippen LogP contribution is -2.03. The first-order chi connectivity index (χ1) is 9.22. The molecule has 0 saturated heterocycles. The lowest BCUT2D eigenvalue weighted by molar-refractivity contribution is 0.313. The molecule has 0 aliphatic heterocycles. The minimum absolute atomic E-state index is 0.624. The van der Waals surface area contributed by atoms with E-state index in [0.717, 1.165) is 29.4 Å². The molecule has 19 heavy (non-hydrogen) atoms. The number of hydrogen-bond acceptors (Lipinski definition) is 2. The van der Waals surface area contributed by atoms with Crippen molar-refractivity contribution >= 4 is 27.7 Å². The highest BCUT2D eigenvalue weighted by atomic mass is 32.2. The number of rotatable bonds is 6. The fourth-order valence-corrected chi connectivity index (χ4v) is 2.27. The zero-order valence-corrected chi connectivity index (χ0v) is 11.6. The maximum Gasteiger partial charge on any atom is 0.259 e. The van der Waals surface area contributed by atoms with Crippen LogP contribution in [0.2, 0.25) is 0 Å². The molecule has 2 rings (SSSR count). The zero-order chi connectivity index (χ0) is 13.7. The van der Waals surface area contributed by atoms with Gasteiger partial charge in [0.25, 0.3) is 11.3 Å². The molecule has 0 heterocycles. The summed E-state index contributed by atoms with van der Waals surface area (Å²) in [7, 11) is 0. The van der Waals surface area contributed by atoms with E-state index < -0.39 is 11.3 Å². The van der Waals surface area contributed by atoms with Crippen LogP contribution in [0.25, 0.3) is 10.8 Å². The van der Waals surface area contributed by atoms with Crippen molar-refractivity contribution in [2.75, 3.05) is 11.3 Å². The molecular formula is C14H17NO3S. The number of nitrogens with one attached hydrogen (secondary N) is 1. The standard InChI is InChI=1S/C14H17NO3S/c1-2-3-10-18-14-9-8-13(15-19(16)17)11-6-4-5-7-12(11)14/h4-9,15H,2-3,10H2,1H3,(H,16,17). The van der Waals surface area contributed by atoms with E-state index in [-0.39, 0.29) is 0 Å². The van der Waals surface area contributed by atoms with Gasteiger partial charge in [0.05, 0.1) is 12.3 Å². The first kappa shape index (κ1) is 13.8. The van der Waals surface area contributed by atoms with Gasteiger partial charge in [0.15, 0.2) is 0 Å². The average molecular weight is 279 g/mol. The Morgan fingerprint density at radius 1 is 1.21 bits per heavy atom. The average Bonchev–Trinajstić information content (AvgIpc) is 2.41. The molecular weight excluding hydrogens is 262 g/mol. The number of benzene rings is 2. The van der Waals surface area contributed by atoms with E-state index in [1.165, 1.54) is 0 Å². The van der Waals surface area contributed by atoms with Crippen molar-refractivity contribution in [3.63, 3.8) is 0 Å². The summed E-state index contributed by atoms with van der Waals surface area (Å²) < 4.78 is 28.1. The summed E-state index contributed by atoms with van der Waals surface area (Å²) in [5.74, 6) is 0.804. The molecule has 0 bridgehead atoms. The van der Waals surface area contributed by atoms with Gasteiger partial charge >= 0.3 is 0 Å². The molecule has 0 fully saturated rings. The normalized spacial score (nSPS) is 12.3. The summed E-state index contributed by atoms with van der Waals surface area (Å²) in [6, 6.07) is 11.3. The van der Waals surface area contributed by atoms with Crippen molar-refractivity contribution in [3.8, 4) is 5.75 Å². The van der Waals surface area contributed by atoms with Crippen LogP contribution in [0.1, 0.15) is 19.8 Å². The minimum atomic E-state index is -2.08. The van der Waals surface area contributed by atoms with Crippen molar-refractivity contribution in [1.82, 2.24) is 0 Å². The van der Waals surface area contributed by atoms with Crippen LogP contribution in [-0.2, 0) is 11.3 Å². The molecule has 0 radical (unpaired) electrons. The van der Waals surface area contributed by atoms with Crippen molar-refractivity contribution in [1.29, 1.82) is 0 Å². The van der Waals surface area contributed by atoms with Gasteiger partial charge in [-0.25, -0.2) is 4.21 Å². The maximum absolute atomic E-state index is 10.9. The highest BCUT2D eigenvalue weighted by Gasteiger charge is 2.07. The van der Waals surface area contributed by atoms with Crippen molar-refractivity contribution in [2.45, 2.75) is 19.8 Å². The number of fused-ring (bicyclic) bond motifs is 1. The zero-order valence-electron chi connectivity index (χ0n) is 10.8. The van der Waals surface area contributed by atoms with Gasteiger partial charge in [-0.05, 0) is 18.6 Å². The van der Waals surface area contributed by atoms with Crippen LogP contribution < -0.4 is 9.46 Å². The highest BCUT2D eigenvalue weighted by molar-refractivity contribution is 7.80. The second-order valence-corrected chi connectivity index (χ2v) is 4.91. The van der Waals surface area contributed by atoms with E-state index >= 15 is 0 Å². The highest BCUT2D eigenvalue weighted by Crippen LogP contribution is 2.31. The summed E-state index contributed by atoms with van der Waals surface area (Å²) in [5, 5.41) is 1.81. The molecule has 0 aliphatic rings. The molecule has 2 aromatic carbocycles. The lowest BCUT2D eigenvalue weighted by atomic mass is 10.1. The number of anilines is 1. The van der Waals surface area contributed by atoms with E-state index in [1.54, 1.807) is 6.07 Å². The van der Waals surface area contributed by atoms with Crippen LogP contribution in [0.3, 0.4) is 0 Å². The fourth-order valence-electron chi connectivity index (χ4n) is 1.91. The first-order valence-electron chi connectivity index (χ1n) is 6.24. The molecule has 0 amide bonds. The van der Waals surface area contributed by atoms with Crippen molar-refractivity contribution in [2.24, 2.45) is 0 Å². The molecule has 0 saturated carbocycles. The van der Waals surface area contributed by atoms with Crippen LogP contribution in [0.5, 0.6) is 5.75 Å². The molecule has 1 atom stereocenters. The Hall–Kier alpha value is -1.59. The quantitative estimate of drug-likeness (QED) is 0.628. The van der Waals surface area contributed by atoms with Crippen LogP contribution in [0.4, 0.5) is 5.69 Å². The Balaban J connectivity index is 2.37. The third-order valence-electron chi connectivity index (χ3n) is 2.84. The number of unbranched alkanes of at least 4 members (excludes halogenated alkanes) is 1. The second kappa shape index (κ2) is 6.54. The van der Waals surface area contributed by atoms with Gasteiger partial charge in [0, 0.05) is 10.8 Å². The summed E-state index contributed by atoms with van der Waals surface area (Å²) in [4.78, 5) is 0.